The van der Waals surface area contributed by atoms with Gasteiger partial charge in [0.1, 0.15) is 17.2 Å². The van der Waals surface area contributed by atoms with Gasteiger partial charge in [0, 0.05) is 12.6 Å². The Bertz CT molecular complexity index is 566. The zero-order valence-electron chi connectivity index (χ0n) is 14.4. The zero-order chi connectivity index (χ0) is 17.9. The molecule has 1 heterocycles. The summed E-state index contributed by atoms with van der Waals surface area (Å²) in [6.07, 6.45) is 0.974. The van der Waals surface area contributed by atoms with Gasteiger partial charge in [-0.3, -0.25) is 0 Å². The van der Waals surface area contributed by atoms with E-state index in [0.29, 0.717) is 31.4 Å². The summed E-state index contributed by atoms with van der Waals surface area (Å²) >= 11 is 0. The van der Waals surface area contributed by atoms with E-state index in [1.54, 1.807) is 25.7 Å². The summed E-state index contributed by atoms with van der Waals surface area (Å²) in [6, 6.07) is 3.02. The lowest BCUT2D eigenvalue weighted by atomic mass is 10.00. The van der Waals surface area contributed by atoms with Gasteiger partial charge in [0.25, 0.3) is 0 Å². The molecule has 6 heteroatoms. The van der Waals surface area contributed by atoms with Gasteiger partial charge >= 0.3 is 6.09 Å². The van der Waals surface area contributed by atoms with Crippen LogP contribution in [-0.2, 0) is 11.2 Å². The molecule has 0 aromatic heterocycles. The van der Waals surface area contributed by atoms with E-state index in [-0.39, 0.29) is 6.04 Å². The van der Waals surface area contributed by atoms with Crippen molar-refractivity contribution in [3.8, 4) is 0 Å². The number of ether oxygens (including phenoxy) is 1. The molecule has 0 bridgehead atoms. The number of hydrogen-bond acceptors (Lipinski definition) is 3. The molecular formula is C18H25F2NO3. The fraction of sp³-hybridized carbons (Fsp3) is 0.611. The maximum atomic E-state index is 13.2. The van der Waals surface area contributed by atoms with Gasteiger partial charge in [-0.05, 0) is 64.2 Å². The molecule has 1 aliphatic heterocycles. The SMILES string of the molecule is CC(C)(C)OC(=O)N1CCC[C@H]1[C@@H](O)CCc1cc(F)cc(F)c1. The van der Waals surface area contributed by atoms with Gasteiger partial charge in [0.05, 0.1) is 12.1 Å². The second-order valence-corrected chi connectivity index (χ2v) is 7.27. The van der Waals surface area contributed by atoms with E-state index in [1.165, 1.54) is 12.1 Å². The Hall–Kier alpha value is -1.69. The van der Waals surface area contributed by atoms with Crippen molar-refractivity contribution in [1.82, 2.24) is 4.90 Å². The first kappa shape index (κ1) is 18.6. The van der Waals surface area contributed by atoms with Crippen molar-refractivity contribution in [2.45, 2.75) is 64.2 Å². The summed E-state index contributed by atoms with van der Waals surface area (Å²) in [4.78, 5) is 13.8. The van der Waals surface area contributed by atoms with Gasteiger partial charge in [0.2, 0.25) is 0 Å². The van der Waals surface area contributed by atoms with Crippen LogP contribution in [0, 0.1) is 11.6 Å². The molecule has 24 heavy (non-hydrogen) atoms. The van der Waals surface area contributed by atoms with Crippen LogP contribution in [0.15, 0.2) is 18.2 Å². The molecule has 1 saturated heterocycles. The number of aliphatic hydroxyl groups excluding tert-OH is 1. The molecule has 0 spiro atoms. The van der Waals surface area contributed by atoms with E-state index in [1.807, 2.05) is 0 Å². The molecule has 0 saturated carbocycles. The second-order valence-electron chi connectivity index (χ2n) is 7.27. The number of benzene rings is 1. The van der Waals surface area contributed by atoms with E-state index >= 15 is 0 Å². The summed E-state index contributed by atoms with van der Waals surface area (Å²) < 4.78 is 31.8. The highest BCUT2D eigenvalue weighted by molar-refractivity contribution is 5.69. The molecule has 4 nitrogen and oxygen atoms in total. The van der Waals surface area contributed by atoms with E-state index in [2.05, 4.69) is 0 Å². The highest BCUT2D eigenvalue weighted by Gasteiger charge is 2.36. The fourth-order valence-electron chi connectivity index (χ4n) is 3.00. The van der Waals surface area contributed by atoms with Crippen LogP contribution in [0.3, 0.4) is 0 Å². The van der Waals surface area contributed by atoms with Crippen molar-refractivity contribution in [3.05, 3.63) is 35.4 Å². The number of aryl methyl sites for hydroxylation is 1. The number of carbonyl (C=O) groups is 1. The molecule has 0 unspecified atom stereocenters. The number of nitrogens with zero attached hydrogens (tertiary/aromatic N) is 1. The zero-order valence-corrected chi connectivity index (χ0v) is 14.4. The summed E-state index contributed by atoms with van der Waals surface area (Å²) in [5.74, 6) is -1.26. The molecule has 2 rings (SSSR count). The summed E-state index contributed by atoms with van der Waals surface area (Å²) in [6.45, 7) is 5.94. The lowest BCUT2D eigenvalue weighted by Gasteiger charge is -2.31. The Kier molecular flexibility index (Phi) is 5.80. The van der Waals surface area contributed by atoms with E-state index in [0.717, 1.165) is 12.5 Å². The summed E-state index contributed by atoms with van der Waals surface area (Å²) in [7, 11) is 0. The van der Waals surface area contributed by atoms with Crippen molar-refractivity contribution in [2.75, 3.05) is 6.54 Å². The third-order valence-corrected chi connectivity index (χ3v) is 4.02. The molecule has 1 amide bonds. The van der Waals surface area contributed by atoms with Crippen molar-refractivity contribution in [3.63, 3.8) is 0 Å². The molecule has 0 radical (unpaired) electrons. The van der Waals surface area contributed by atoms with Crippen LogP contribution in [-0.4, -0.2) is 40.4 Å². The topological polar surface area (TPSA) is 49.8 Å². The molecule has 1 aromatic rings. The van der Waals surface area contributed by atoms with Crippen LogP contribution in [0.4, 0.5) is 13.6 Å². The number of likely N-dealkylation sites (tertiary alicyclic amines) is 1. The highest BCUT2D eigenvalue weighted by atomic mass is 19.1. The molecule has 0 aliphatic carbocycles. The van der Waals surface area contributed by atoms with Crippen molar-refractivity contribution < 1.29 is 23.4 Å². The second kappa shape index (κ2) is 7.47. The molecule has 1 N–H and O–H groups in total. The van der Waals surface area contributed by atoms with Crippen LogP contribution in [0.5, 0.6) is 0 Å². The predicted octanol–water partition coefficient (Wildman–Crippen LogP) is 3.66. The van der Waals surface area contributed by atoms with Crippen molar-refractivity contribution in [2.24, 2.45) is 0 Å². The third kappa shape index (κ3) is 5.16. The van der Waals surface area contributed by atoms with Gasteiger partial charge in [-0.25, -0.2) is 13.6 Å². The molecule has 134 valence electrons. The molecule has 2 atom stereocenters. The fourth-order valence-corrected chi connectivity index (χ4v) is 3.00. The Morgan fingerprint density at radius 2 is 1.96 bits per heavy atom. The molecule has 1 fully saturated rings. The monoisotopic (exact) mass is 341 g/mol. The Labute approximate surface area is 141 Å². The molecule has 1 aromatic carbocycles. The standard InChI is InChI=1S/C18H25F2NO3/c1-18(2,3)24-17(23)21-8-4-5-15(21)16(22)7-6-12-9-13(19)11-14(20)10-12/h9-11,15-16,22H,4-8H2,1-3H3/t15-,16-/m0/s1. The highest BCUT2D eigenvalue weighted by Crippen LogP contribution is 2.25. The Morgan fingerprint density at radius 3 is 2.54 bits per heavy atom. The minimum absolute atomic E-state index is 0.321. The average Bonchev–Trinajstić information content (AvgIpc) is 2.91. The first-order chi connectivity index (χ1) is 11.2. The summed E-state index contributed by atoms with van der Waals surface area (Å²) in [5, 5.41) is 10.4. The number of aliphatic hydroxyl groups is 1. The number of hydrogen-bond donors (Lipinski definition) is 1. The van der Waals surface area contributed by atoms with E-state index in [4.69, 9.17) is 4.74 Å². The van der Waals surface area contributed by atoms with Crippen LogP contribution in [0.2, 0.25) is 0 Å². The predicted molar refractivity (Wildman–Crippen MR) is 86.6 cm³/mol. The van der Waals surface area contributed by atoms with Crippen LogP contribution in [0.1, 0.15) is 45.6 Å². The van der Waals surface area contributed by atoms with Gasteiger partial charge in [-0.15, -0.1) is 0 Å². The lowest BCUT2D eigenvalue weighted by molar-refractivity contribution is 0.00401. The first-order valence-corrected chi connectivity index (χ1v) is 8.28. The Balaban J connectivity index is 1.95. The Morgan fingerprint density at radius 1 is 1.33 bits per heavy atom. The number of amides is 1. The van der Waals surface area contributed by atoms with E-state index < -0.39 is 29.4 Å². The van der Waals surface area contributed by atoms with Gasteiger partial charge in [-0.1, -0.05) is 0 Å². The number of rotatable bonds is 4. The smallest absolute Gasteiger partial charge is 0.410 e. The molecular weight excluding hydrogens is 316 g/mol. The summed E-state index contributed by atoms with van der Waals surface area (Å²) in [5.41, 5.74) is -0.0952. The largest absolute Gasteiger partial charge is 0.444 e. The first-order valence-electron chi connectivity index (χ1n) is 8.28. The van der Waals surface area contributed by atoms with Crippen LogP contribution in [0.25, 0.3) is 0 Å². The number of carbonyl (C=O) groups excluding carboxylic acids is 1. The average molecular weight is 341 g/mol. The van der Waals surface area contributed by atoms with Crippen molar-refractivity contribution in [1.29, 1.82) is 0 Å². The molecule has 1 aliphatic rings. The van der Waals surface area contributed by atoms with Gasteiger partial charge in [0.15, 0.2) is 0 Å². The van der Waals surface area contributed by atoms with Gasteiger partial charge in [-0.2, -0.15) is 0 Å². The quantitative estimate of drug-likeness (QED) is 0.909. The minimum atomic E-state index is -0.758. The van der Waals surface area contributed by atoms with Crippen LogP contribution < -0.4 is 0 Å². The minimum Gasteiger partial charge on any atom is -0.444 e. The van der Waals surface area contributed by atoms with Gasteiger partial charge < -0.3 is 14.7 Å². The maximum Gasteiger partial charge on any atom is 0.410 e. The normalized spacial score (nSPS) is 19.4. The third-order valence-electron chi connectivity index (χ3n) is 4.02. The van der Waals surface area contributed by atoms with E-state index in [9.17, 15) is 18.7 Å². The van der Waals surface area contributed by atoms with Crippen LogP contribution >= 0.6 is 0 Å². The number of halogens is 2. The van der Waals surface area contributed by atoms with Crippen molar-refractivity contribution >= 4 is 6.09 Å². The lowest BCUT2D eigenvalue weighted by Crippen LogP contribution is -2.45. The maximum absolute atomic E-state index is 13.2.